The number of carbonyl (C=O) groups excluding carboxylic acids is 2. The van der Waals surface area contributed by atoms with Gasteiger partial charge in [-0.1, -0.05) is 54.4 Å². The van der Waals surface area contributed by atoms with E-state index in [0.717, 1.165) is 17.5 Å². The summed E-state index contributed by atoms with van der Waals surface area (Å²) in [6.07, 6.45) is 0.577. The van der Waals surface area contributed by atoms with Gasteiger partial charge in [-0.3, -0.25) is 9.59 Å². The first-order valence-electron chi connectivity index (χ1n) is 9.81. The van der Waals surface area contributed by atoms with E-state index in [1.165, 1.54) is 17.0 Å². The van der Waals surface area contributed by atoms with Crippen LogP contribution in [0.25, 0.3) is 0 Å². The van der Waals surface area contributed by atoms with Gasteiger partial charge in [0.25, 0.3) is 0 Å². The minimum Gasteiger partial charge on any atom is -0.352 e. The highest BCUT2D eigenvalue weighted by Crippen LogP contribution is 2.21. The smallest absolute Gasteiger partial charge is 0.242 e. The van der Waals surface area contributed by atoms with E-state index >= 15 is 0 Å². The van der Waals surface area contributed by atoms with E-state index < -0.39 is 11.9 Å². The molecule has 0 fully saturated rings. The van der Waals surface area contributed by atoms with Crippen LogP contribution in [0.15, 0.2) is 42.5 Å². The van der Waals surface area contributed by atoms with Crippen molar-refractivity contribution < 1.29 is 14.0 Å². The average molecular weight is 419 g/mol. The quantitative estimate of drug-likeness (QED) is 0.677. The van der Waals surface area contributed by atoms with E-state index in [4.69, 9.17) is 11.6 Å². The third-order valence-corrected chi connectivity index (χ3v) is 5.39. The zero-order valence-electron chi connectivity index (χ0n) is 17.3. The van der Waals surface area contributed by atoms with Gasteiger partial charge in [0, 0.05) is 23.2 Å². The fraction of sp³-hybridized carbons (Fsp3) is 0.391. The molecule has 2 atom stereocenters. The molecular formula is C23H28ClFN2O2. The van der Waals surface area contributed by atoms with E-state index in [2.05, 4.69) is 5.32 Å². The maximum atomic E-state index is 14.2. The molecule has 0 heterocycles. The zero-order chi connectivity index (χ0) is 21.6. The number of benzene rings is 2. The van der Waals surface area contributed by atoms with Gasteiger partial charge in [0.1, 0.15) is 11.9 Å². The summed E-state index contributed by atoms with van der Waals surface area (Å²) >= 11 is 6.10. The Labute approximate surface area is 177 Å². The van der Waals surface area contributed by atoms with Gasteiger partial charge in [-0.25, -0.2) is 4.39 Å². The summed E-state index contributed by atoms with van der Waals surface area (Å²) in [5, 5.41) is 3.11. The van der Waals surface area contributed by atoms with Crippen molar-refractivity contribution in [2.45, 2.75) is 59.2 Å². The highest BCUT2D eigenvalue weighted by molar-refractivity contribution is 6.31. The first-order valence-corrected chi connectivity index (χ1v) is 10.2. The Morgan fingerprint density at radius 1 is 1.14 bits per heavy atom. The molecule has 2 aromatic carbocycles. The molecule has 0 aliphatic heterocycles. The molecule has 0 aliphatic rings. The van der Waals surface area contributed by atoms with Crippen LogP contribution in [0.2, 0.25) is 5.02 Å². The number of nitrogens with one attached hydrogen (secondary N) is 1. The van der Waals surface area contributed by atoms with E-state index in [1.807, 2.05) is 45.0 Å². The van der Waals surface area contributed by atoms with Gasteiger partial charge in [-0.15, -0.1) is 0 Å². The fourth-order valence-electron chi connectivity index (χ4n) is 2.89. The maximum Gasteiger partial charge on any atom is 0.242 e. The lowest BCUT2D eigenvalue weighted by Gasteiger charge is -2.30. The normalized spacial score (nSPS) is 12.9. The molecule has 29 heavy (non-hydrogen) atoms. The maximum absolute atomic E-state index is 14.2. The number of hydrogen-bond acceptors (Lipinski definition) is 2. The minimum atomic E-state index is -0.705. The number of aryl methyl sites for hydroxylation is 1. The van der Waals surface area contributed by atoms with Crippen LogP contribution in [0.4, 0.5) is 4.39 Å². The summed E-state index contributed by atoms with van der Waals surface area (Å²) in [7, 11) is 0. The second kappa shape index (κ2) is 10.4. The van der Waals surface area contributed by atoms with Crippen LogP contribution in [0.3, 0.4) is 0 Å². The highest BCUT2D eigenvalue weighted by atomic mass is 35.5. The average Bonchev–Trinajstić information content (AvgIpc) is 2.69. The molecule has 2 aromatic rings. The van der Waals surface area contributed by atoms with E-state index in [9.17, 15) is 14.0 Å². The Kier molecular flexibility index (Phi) is 8.21. The molecule has 0 aliphatic carbocycles. The first-order chi connectivity index (χ1) is 13.7. The Balaban J connectivity index is 2.28. The lowest BCUT2D eigenvalue weighted by Crippen LogP contribution is -2.50. The lowest BCUT2D eigenvalue weighted by molar-refractivity contribution is -0.140. The molecule has 1 N–H and O–H groups in total. The summed E-state index contributed by atoms with van der Waals surface area (Å²) in [5.74, 6) is -1.12. The van der Waals surface area contributed by atoms with Gasteiger partial charge in [0.2, 0.25) is 11.8 Å². The Hall–Kier alpha value is -2.40. The second-order valence-electron chi connectivity index (χ2n) is 7.38. The number of carbonyl (C=O) groups is 2. The topological polar surface area (TPSA) is 49.4 Å². The van der Waals surface area contributed by atoms with E-state index in [0.29, 0.717) is 0 Å². The van der Waals surface area contributed by atoms with Gasteiger partial charge in [-0.2, -0.15) is 0 Å². The molecule has 0 radical (unpaired) electrons. The van der Waals surface area contributed by atoms with Crippen molar-refractivity contribution in [2.75, 3.05) is 0 Å². The van der Waals surface area contributed by atoms with Crippen molar-refractivity contribution in [3.8, 4) is 0 Å². The summed E-state index contributed by atoms with van der Waals surface area (Å²) in [5.41, 5.74) is 2.14. The standard InChI is InChI=1S/C23H28ClFN2O2/c1-5-16(3)26-23(29)17(4)27(14-18-11-9-15(2)10-12-18)22(28)13-19-20(24)7-6-8-21(19)25/h6-12,16-17H,5,13-14H2,1-4H3,(H,26,29). The number of amides is 2. The summed E-state index contributed by atoms with van der Waals surface area (Å²) in [4.78, 5) is 27.3. The first kappa shape index (κ1) is 22.9. The van der Waals surface area contributed by atoms with Gasteiger partial charge < -0.3 is 10.2 Å². The van der Waals surface area contributed by atoms with Crippen LogP contribution in [-0.4, -0.2) is 28.8 Å². The molecule has 6 heteroatoms. The van der Waals surface area contributed by atoms with Crippen LogP contribution >= 0.6 is 11.6 Å². The highest BCUT2D eigenvalue weighted by Gasteiger charge is 2.27. The Bertz CT molecular complexity index is 834. The van der Waals surface area contributed by atoms with Crippen LogP contribution in [-0.2, 0) is 22.6 Å². The van der Waals surface area contributed by atoms with Crippen molar-refractivity contribution in [3.63, 3.8) is 0 Å². The third kappa shape index (κ3) is 6.29. The van der Waals surface area contributed by atoms with Crippen LogP contribution in [0.1, 0.15) is 43.9 Å². The molecule has 0 bridgehead atoms. The molecule has 0 saturated heterocycles. The Morgan fingerprint density at radius 3 is 2.38 bits per heavy atom. The molecule has 0 aromatic heterocycles. The molecule has 0 saturated carbocycles. The molecule has 156 valence electrons. The molecule has 0 spiro atoms. The molecule has 2 amide bonds. The van der Waals surface area contributed by atoms with Gasteiger partial charge >= 0.3 is 0 Å². The number of rotatable bonds is 8. The van der Waals surface area contributed by atoms with Crippen molar-refractivity contribution >= 4 is 23.4 Å². The van der Waals surface area contributed by atoms with E-state index in [-0.39, 0.29) is 41.4 Å². The number of halogens is 2. The van der Waals surface area contributed by atoms with Crippen molar-refractivity contribution in [3.05, 3.63) is 70.0 Å². The van der Waals surface area contributed by atoms with E-state index in [1.54, 1.807) is 13.0 Å². The minimum absolute atomic E-state index is 0.00212. The number of nitrogens with zero attached hydrogens (tertiary/aromatic N) is 1. The zero-order valence-corrected chi connectivity index (χ0v) is 18.1. The van der Waals surface area contributed by atoms with Crippen LogP contribution in [0.5, 0.6) is 0 Å². The Morgan fingerprint density at radius 2 is 1.79 bits per heavy atom. The predicted molar refractivity (Wildman–Crippen MR) is 114 cm³/mol. The van der Waals surface area contributed by atoms with Crippen molar-refractivity contribution in [1.82, 2.24) is 10.2 Å². The van der Waals surface area contributed by atoms with Crippen LogP contribution in [0, 0.1) is 12.7 Å². The summed E-state index contributed by atoms with van der Waals surface area (Å²) in [6.45, 7) is 7.81. The lowest BCUT2D eigenvalue weighted by atomic mass is 10.1. The van der Waals surface area contributed by atoms with Crippen LogP contribution < -0.4 is 5.32 Å². The van der Waals surface area contributed by atoms with Gasteiger partial charge in [0.05, 0.1) is 6.42 Å². The van der Waals surface area contributed by atoms with Gasteiger partial charge in [0.15, 0.2) is 0 Å². The second-order valence-corrected chi connectivity index (χ2v) is 7.79. The van der Waals surface area contributed by atoms with Crippen molar-refractivity contribution in [2.24, 2.45) is 0 Å². The van der Waals surface area contributed by atoms with Crippen molar-refractivity contribution in [1.29, 1.82) is 0 Å². The predicted octanol–water partition coefficient (Wildman–Crippen LogP) is 4.66. The largest absolute Gasteiger partial charge is 0.352 e. The molecule has 2 rings (SSSR count). The molecule has 2 unspecified atom stereocenters. The summed E-state index contributed by atoms with van der Waals surface area (Å²) in [6, 6.07) is 11.4. The SMILES string of the molecule is CCC(C)NC(=O)C(C)N(Cc1ccc(C)cc1)C(=O)Cc1c(F)cccc1Cl. The fourth-order valence-corrected chi connectivity index (χ4v) is 3.12. The molecular weight excluding hydrogens is 391 g/mol. The summed E-state index contributed by atoms with van der Waals surface area (Å²) < 4.78 is 14.2. The number of hydrogen-bond donors (Lipinski definition) is 1. The monoisotopic (exact) mass is 418 g/mol. The third-order valence-electron chi connectivity index (χ3n) is 5.03. The van der Waals surface area contributed by atoms with Gasteiger partial charge in [-0.05, 0) is 44.9 Å². The molecule has 4 nitrogen and oxygen atoms in total.